The summed E-state index contributed by atoms with van der Waals surface area (Å²) in [6.45, 7) is 4.20. The molecule has 1 aliphatic rings. The number of hydrogen-bond donors (Lipinski definition) is 2. The van der Waals surface area contributed by atoms with E-state index in [-0.39, 0.29) is 11.9 Å². The third-order valence-corrected chi connectivity index (χ3v) is 5.07. The van der Waals surface area contributed by atoms with Crippen LogP contribution in [0.2, 0.25) is 5.02 Å². The van der Waals surface area contributed by atoms with E-state index in [0.717, 1.165) is 5.69 Å². The number of ether oxygens (including phenoxy) is 1. The molecule has 3 amide bonds. The summed E-state index contributed by atoms with van der Waals surface area (Å²) in [7, 11) is 1.54. The Morgan fingerprint density at radius 1 is 1.07 bits per heavy atom. The standard InChI is InChI=1S/C21H25ClN4O3/c1-15(20(27)24-18-8-3-4-9-19(18)29-2)23-21(28)26-12-10-25(11-13-26)17-7-5-6-16(22)14-17/h3-9,14-15H,10-13H2,1-2H3,(H,23,28)(H,24,27)/t15-/m0/s1. The Bertz CT molecular complexity index is 869. The zero-order valence-corrected chi connectivity index (χ0v) is 17.3. The maximum Gasteiger partial charge on any atom is 0.318 e. The molecule has 0 unspecified atom stereocenters. The van der Waals surface area contributed by atoms with E-state index in [1.54, 1.807) is 37.1 Å². The molecule has 7 nitrogen and oxygen atoms in total. The number of piperazine rings is 1. The average molecular weight is 417 g/mol. The van der Waals surface area contributed by atoms with Crippen LogP contribution in [-0.2, 0) is 4.79 Å². The predicted molar refractivity (Wildman–Crippen MR) is 115 cm³/mol. The number of hydrogen-bond acceptors (Lipinski definition) is 4. The number of halogens is 1. The van der Waals surface area contributed by atoms with Crippen molar-refractivity contribution in [2.24, 2.45) is 0 Å². The molecule has 1 fully saturated rings. The SMILES string of the molecule is COc1ccccc1NC(=O)[C@H](C)NC(=O)N1CCN(c2cccc(Cl)c2)CC1. The minimum Gasteiger partial charge on any atom is -0.495 e. The molecule has 0 radical (unpaired) electrons. The molecule has 1 saturated heterocycles. The number of nitrogens with one attached hydrogen (secondary N) is 2. The molecule has 0 aromatic heterocycles. The van der Waals surface area contributed by atoms with Gasteiger partial charge in [0.25, 0.3) is 0 Å². The smallest absolute Gasteiger partial charge is 0.318 e. The Kier molecular flexibility index (Phi) is 6.82. The molecular formula is C21H25ClN4O3. The van der Waals surface area contributed by atoms with Crippen LogP contribution < -0.4 is 20.3 Å². The lowest BCUT2D eigenvalue weighted by Crippen LogP contribution is -2.54. The predicted octanol–water partition coefficient (Wildman–Crippen LogP) is 3.21. The first-order valence-electron chi connectivity index (χ1n) is 9.48. The molecule has 8 heteroatoms. The second-order valence-corrected chi connectivity index (χ2v) is 7.25. The topological polar surface area (TPSA) is 73.9 Å². The number of para-hydroxylation sites is 2. The lowest BCUT2D eigenvalue weighted by atomic mass is 10.2. The Morgan fingerprint density at radius 2 is 1.79 bits per heavy atom. The molecular weight excluding hydrogens is 392 g/mol. The van der Waals surface area contributed by atoms with Crippen LogP contribution in [0, 0.1) is 0 Å². The van der Waals surface area contributed by atoms with Crippen LogP contribution in [0.25, 0.3) is 0 Å². The number of urea groups is 1. The fourth-order valence-corrected chi connectivity index (χ4v) is 3.36. The van der Waals surface area contributed by atoms with Crippen molar-refractivity contribution in [3.8, 4) is 5.75 Å². The molecule has 1 atom stereocenters. The monoisotopic (exact) mass is 416 g/mol. The second-order valence-electron chi connectivity index (χ2n) is 6.81. The lowest BCUT2D eigenvalue weighted by Gasteiger charge is -2.36. The highest BCUT2D eigenvalue weighted by Gasteiger charge is 2.24. The van der Waals surface area contributed by atoms with E-state index >= 15 is 0 Å². The van der Waals surface area contributed by atoms with Gasteiger partial charge in [-0.15, -0.1) is 0 Å². The van der Waals surface area contributed by atoms with Gasteiger partial charge < -0.3 is 25.2 Å². The summed E-state index contributed by atoms with van der Waals surface area (Å²) in [6.07, 6.45) is 0. The van der Waals surface area contributed by atoms with Gasteiger partial charge in [0.05, 0.1) is 12.8 Å². The van der Waals surface area contributed by atoms with Gasteiger partial charge in [-0.1, -0.05) is 29.8 Å². The number of benzene rings is 2. The summed E-state index contributed by atoms with van der Waals surface area (Å²) in [5, 5.41) is 6.24. The summed E-state index contributed by atoms with van der Waals surface area (Å²) in [6, 6.07) is 13.9. The molecule has 2 N–H and O–H groups in total. The second kappa shape index (κ2) is 9.52. The highest BCUT2D eigenvalue weighted by Crippen LogP contribution is 2.23. The molecule has 0 saturated carbocycles. The van der Waals surface area contributed by atoms with E-state index in [2.05, 4.69) is 15.5 Å². The Morgan fingerprint density at radius 3 is 2.48 bits per heavy atom. The fraction of sp³-hybridized carbons (Fsp3) is 0.333. The van der Waals surface area contributed by atoms with Crippen LogP contribution in [0.1, 0.15) is 6.92 Å². The van der Waals surface area contributed by atoms with Crippen LogP contribution in [0.15, 0.2) is 48.5 Å². The Hall–Kier alpha value is -2.93. The summed E-state index contributed by atoms with van der Waals surface area (Å²) in [5.74, 6) is 0.261. The number of amides is 3. The van der Waals surface area contributed by atoms with E-state index in [0.29, 0.717) is 42.6 Å². The highest BCUT2D eigenvalue weighted by molar-refractivity contribution is 6.30. The van der Waals surface area contributed by atoms with Crippen molar-refractivity contribution in [1.29, 1.82) is 0 Å². The normalized spacial score (nSPS) is 14.9. The zero-order chi connectivity index (χ0) is 20.8. The van der Waals surface area contributed by atoms with Crippen molar-refractivity contribution in [3.63, 3.8) is 0 Å². The Labute approximate surface area is 175 Å². The van der Waals surface area contributed by atoms with Gasteiger partial charge in [0.15, 0.2) is 0 Å². The zero-order valence-electron chi connectivity index (χ0n) is 16.5. The van der Waals surface area contributed by atoms with Crippen LogP contribution in [0.3, 0.4) is 0 Å². The van der Waals surface area contributed by atoms with Crippen molar-refractivity contribution in [3.05, 3.63) is 53.6 Å². The molecule has 3 rings (SSSR count). The highest BCUT2D eigenvalue weighted by atomic mass is 35.5. The largest absolute Gasteiger partial charge is 0.495 e. The van der Waals surface area contributed by atoms with Crippen LogP contribution in [0.5, 0.6) is 5.75 Å². The van der Waals surface area contributed by atoms with Crippen molar-refractivity contribution < 1.29 is 14.3 Å². The minimum atomic E-state index is -0.682. The van der Waals surface area contributed by atoms with Crippen molar-refractivity contribution in [2.75, 3.05) is 43.5 Å². The molecule has 0 aliphatic carbocycles. The quantitative estimate of drug-likeness (QED) is 0.784. The van der Waals surface area contributed by atoms with Gasteiger partial charge in [-0.3, -0.25) is 4.79 Å². The average Bonchev–Trinajstić information content (AvgIpc) is 2.74. The van der Waals surface area contributed by atoms with Gasteiger partial charge in [-0.2, -0.15) is 0 Å². The fourth-order valence-electron chi connectivity index (χ4n) is 3.17. The van der Waals surface area contributed by atoms with Gasteiger partial charge in [0.1, 0.15) is 11.8 Å². The van der Waals surface area contributed by atoms with Crippen LogP contribution in [-0.4, -0.2) is 56.2 Å². The van der Waals surface area contributed by atoms with Gasteiger partial charge >= 0.3 is 6.03 Å². The molecule has 1 aliphatic heterocycles. The minimum absolute atomic E-state index is 0.251. The van der Waals surface area contributed by atoms with Crippen LogP contribution >= 0.6 is 11.6 Å². The first kappa shape index (κ1) is 20.8. The van der Waals surface area contributed by atoms with Gasteiger partial charge in [-0.25, -0.2) is 4.79 Å². The summed E-state index contributed by atoms with van der Waals surface area (Å²) < 4.78 is 5.23. The van der Waals surface area contributed by atoms with Gasteiger partial charge in [0, 0.05) is 36.9 Å². The number of rotatable bonds is 5. The molecule has 29 heavy (non-hydrogen) atoms. The molecule has 1 heterocycles. The Balaban J connectivity index is 1.50. The van der Waals surface area contributed by atoms with Gasteiger partial charge in [-0.05, 0) is 37.3 Å². The number of anilines is 2. The first-order chi connectivity index (χ1) is 14.0. The number of carbonyl (C=O) groups is 2. The molecule has 0 bridgehead atoms. The summed E-state index contributed by atoms with van der Waals surface area (Å²) in [5.41, 5.74) is 1.61. The third-order valence-electron chi connectivity index (χ3n) is 4.84. The molecule has 0 spiro atoms. The molecule has 2 aromatic rings. The number of carbonyl (C=O) groups excluding carboxylic acids is 2. The van der Waals surface area contributed by atoms with E-state index in [1.165, 1.54) is 0 Å². The van der Waals surface area contributed by atoms with Crippen molar-refractivity contribution >= 4 is 34.9 Å². The van der Waals surface area contributed by atoms with Crippen molar-refractivity contribution in [2.45, 2.75) is 13.0 Å². The number of nitrogens with zero attached hydrogens (tertiary/aromatic N) is 2. The molecule has 2 aromatic carbocycles. The summed E-state index contributed by atoms with van der Waals surface area (Å²) >= 11 is 6.06. The summed E-state index contributed by atoms with van der Waals surface area (Å²) in [4.78, 5) is 28.9. The number of methoxy groups -OCH3 is 1. The molecule has 154 valence electrons. The maximum absolute atomic E-state index is 12.6. The first-order valence-corrected chi connectivity index (χ1v) is 9.85. The van der Waals surface area contributed by atoms with E-state index in [1.807, 2.05) is 30.3 Å². The third kappa shape index (κ3) is 5.32. The van der Waals surface area contributed by atoms with Crippen LogP contribution in [0.4, 0.5) is 16.2 Å². The maximum atomic E-state index is 12.6. The van der Waals surface area contributed by atoms with E-state index in [4.69, 9.17) is 16.3 Å². The van der Waals surface area contributed by atoms with E-state index < -0.39 is 6.04 Å². The van der Waals surface area contributed by atoms with Gasteiger partial charge in [0.2, 0.25) is 5.91 Å². The van der Waals surface area contributed by atoms with E-state index in [9.17, 15) is 9.59 Å². The van der Waals surface area contributed by atoms with Crippen molar-refractivity contribution in [1.82, 2.24) is 10.2 Å². The lowest BCUT2D eigenvalue weighted by molar-refractivity contribution is -0.117.